The summed E-state index contributed by atoms with van der Waals surface area (Å²) in [5, 5.41) is 4.40. The molecule has 0 bridgehead atoms. The highest BCUT2D eigenvalue weighted by molar-refractivity contribution is 7.16. The Hall–Kier alpha value is -2.63. The molecule has 1 aliphatic rings. The summed E-state index contributed by atoms with van der Waals surface area (Å²) in [6, 6.07) is 14.8. The zero-order chi connectivity index (χ0) is 20.2. The topological polar surface area (TPSA) is 50.7 Å². The summed E-state index contributed by atoms with van der Waals surface area (Å²) in [6.07, 6.45) is 6.00. The molecule has 2 aromatic carbocycles. The van der Waals surface area contributed by atoms with Crippen LogP contribution in [-0.2, 0) is 12.8 Å². The van der Waals surface area contributed by atoms with Crippen LogP contribution in [0.5, 0.6) is 5.75 Å². The molecule has 3 aromatic rings. The Morgan fingerprint density at radius 1 is 1.10 bits per heavy atom. The van der Waals surface area contributed by atoms with Gasteiger partial charge in [0.05, 0.1) is 12.7 Å². The molecule has 1 heterocycles. The van der Waals surface area contributed by atoms with E-state index in [0.717, 1.165) is 53.2 Å². The number of ether oxygens (including phenoxy) is 1. The molecule has 0 spiro atoms. The van der Waals surface area contributed by atoms with Gasteiger partial charge in [-0.1, -0.05) is 11.6 Å². The fraction of sp³-hybridized carbons (Fsp3) is 0.217. The average molecular weight is 425 g/mol. The predicted molar refractivity (Wildman–Crippen MR) is 121 cm³/mol. The van der Waals surface area contributed by atoms with Crippen molar-refractivity contribution in [1.29, 1.82) is 0 Å². The van der Waals surface area contributed by atoms with Crippen molar-refractivity contribution in [2.45, 2.75) is 25.7 Å². The zero-order valence-electron chi connectivity index (χ0n) is 16.1. The van der Waals surface area contributed by atoms with E-state index in [1.165, 1.54) is 4.88 Å². The number of nitrogens with one attached hydrogen (secondary N) is 1. The fourth-order valence-electron chi connectivity index (χ4n) is 3.43. The number of carbonyl (C=O) groups is 1. The van der Waals surface area contributed by atoms with Crippen LogP contribution in [0.1, 0.15) is 39.2 Å². The minimum atomic E-state index is -0.117. The van der Waals surface area contributed by atoms with E-state index in [2.05, 4.69) is 10.3 Å². The average Bonchev–Trinajstić information content (AvgIpc) is 3.13. The van der Waals surface area contributed by atoms with Gasteiger partial charge in [0.1, 0.15) is 10.8 Å². The Balaban J connectivity index is 1.64. The van der Waals surface area contributed by atoms with E-state index in [0.29, 0.717) is 10.6 Å². The third-order valence-electron chi connectivity index (χ3n) is 4.93. The van der Waals surface area contributed by atoms with Crippen molar-refractivity contribution in [3.8, 4) is 5.75 Å². The Kier molecular flexibility index (Phi) is 5.97. The lowest BCUT2D eigenvalue weighted by atomic mass is 9.95. The third-order valence-corrected chi connectivity index (χ3v) is 6.38. The molecule has 29 heavy (non-hydrogen) atoms. The Morgan fingerprint density at radius 3 is 2.55 bits per heavy atom. The Bertz CT molecular complexity index is 1040. The maximum Gasteiger partial charge on any atom is 0.259 e. The summed E-state index contributed by atoms with van der Waals surface area (Å²) in [5.41, 5.74) is 3.53. The van der Waals surface area contributed by atoms with Crippen LogP contribution in [0.3, 0.4) is 0 Å². The van der Waals surface area contributed by atoms with Gasteiger partial charge in [0.2, 0.25) is 0 Å². The van der Waals surface area contributed by atoms with Gasteiger partial charge >= 0.3 is 0 Å². The van der Waals surface area contributed by atoms with Crippen LogP contribution in [0, 0.1) is 0 Å². The monoisotopic (exact) mass is 424 g/mol. The Labute approximate surface area is 179 Å². The van der Waals surface area contributed by atoms with Crippen LogP contribution >= 0.6 is 22.9 Å². The number of amides is 1. The van der Waals surface area contributed by atoms with Gasteiger partial charge in [-0.15, -0.1) is 11.3 Å². The fourth-order valence-corrected chi connectivity index (χ4v) is 4.78. The first kappa shape index (κ1) is 19.7. The van der Waals surface area contributed by atoms with Gasteiger partial charge in [-0.2, -0.15) is 0 Å². The van der Waals surface area contributed by atoms with E-state index in [1.54, 1.807) is 48.9 Å². The summed E-state index contributed by atoms with van der Waals surface area (Å²) in [7, 11) is 1.64. The molecule has 0 radical (unpaired) electrons. The highest BCUT2D eigenvalue weighted by Gasteiger charge is 2.25. The second-order valence-corrected chi connectivity index (χ2v) is 8.40. The van der Waals surface area contributed by atoms with Gasteiger partial charge in [-0.3, -0.25) is 4.79 Å². The second kappa shape index (κ2) is 8.80. The molecule has 0 atom stereocenters. The summed E-state index contributed by atoms with van der Waals surface area (Å²) in [4.78, 5) is 19.1. The van der Waals surface area contributed by atoms with E-state index < -0.39 is 0 Å². The number of aryl methyl sites for hydroxylation is 1. The Morgan fingerprint density at radius 2 is 1.83 bits per heavy atom. The highest BCUT2D eigenvalue weighted by Crippen LogP contribution is 2.40. The van der Waals surface area contributed by atoms with Crippen LogP contribution in [0.15, 0.2) is 53.5 Å². The molecule has 6 heteroatoms. The van der Waals surface area contributed by atoms with Crippen LogP contribution in [0.25, 0.3) is 0 Å². The number of rotatable bonds is 5. The van der Waals surface area contributed by atoms with Gasteiger partial charge in [0.25, 0.3) is 5.91 Å². The van der Waals surface area contributed by atoms with Crippen molar-refractivity contribution in [3.05, 3.63) is 75.1 Å². The normalized spacial score (nSPS) is 13.3. The second-order valence-electron chi connectivity index (χ2n) is 6.88. The molecule has 0 saturated heterocycles. The first-order valence-corrected chi connectivity index (χ1v) is 10.7. The van der Waals surface area contributed by atoms with Crippen molar-refractivity contribution >= 4 is 45.7 Å². The molecule has 0 saturated carbocycles. The van der Waals surface area contributed by atoms with Crippen LogP contribution < -0.4 is 10.1 Å². The van der Waals surface area contributed by atoms with Gasteiger partial charge in [-0.05, 0) is 85.3 Å². The van der Waals surface area contributed by atoms with Crippen molar-refractivity contribution in [1.82, 2.24) is 0 Å². The van der Waals surface area contributed by atoms with Gasteiger partial charge in [0.15, 0.2) is 0 Å². The van der Waals surface area contributed by atoms with Crippen molar-refractivity contribution in [3.63, 3.8) is 0 Å². The van der Waals surface area contributed by atoms with Crippen molar-refractivity contribution in [2.75, 3.05) is 12.4 Å². The van der Waals surface area contributed by atoms with E-state index in [-0.39, 0.29) is 5.91 Å². The number of carbonyl (C=O) groups excluding carboxylic acids is 1. The third kappa shape index (κ3) is 4.52. The van der Waals surface area contributed by atoms with E-state index in [9.17, 15) is 4.79 Å². The van der Waals surface area contributed by atoms with Gasteiger partial charge < -0.3 is 10.1 Å². The molecule has 1 aliphatic carbocycles. The number of fused-ring (bicyclic) bond motifs is 1. The number of benzene rings is 2. The van der Waals surface area contributed by atoms with E-state index in [4.69, 9.17) is 16.3 Å². The van der Waals surface area contributed by atoms with E-state index >= 15 is 0 Å². The number of hydrogen-bond donors (Lipinski definition) is 1. The highest BCUT2D eigenvalue weighted by atomic mass is 35.5. The van der Waals surface area contributed by atoms with Gasteiger partial charge in [0, 0.05) is 21.8 Å². The molecular formula is C23H21ClN2O2S. The predicted octanol–water partition coefficient (Wildman–Crippen LogP) is 6.29. The minimum absolute atomic E-state index is 0.117. The number of nitrogens with zero attached hydrogens (tertiary/aromatic N) is 1. The molecular weight excluding hydrogens is 404 g/mol. The summed E-state index contributed by atoms with van der Waals surface area (Å²) in [5.74, 6) is 0.686. The summed E-state index contributed by atoms with van der Waals surface area (Å²) >= 11 is 7.57. The lowest BCUT2D eigenvalue weighted by Gasteiger charge is -2.12. The molecule has 0 aliphatic heterocycles. The number of thiophene rings is 1. The number of halogens is 1. The first-order valence-electron chi connectivity index (χ1n) is 9.53. The molecule has 1 N–H and O–H groups in total. The van der Waals surface area contributed by atoms with E-state index in [1.807, 2.05) is 24.3 Å². The largest absolute Gasteiger partial charge is 0.497 e. The SMILES string of the molecule is COc1ccc(/C=N/c2sc3c(c2C(=O)Nc2ccc(Cl)cc2)CCCC3)cc1. The molecule has 0 unspecified atom stereocenters. The van der Waals surface area contributed by atoms with Crippen LogP contribution in [0.4, 0.5) is 10.7 Å². The molecule has 1 amide bonds. The zero-order valence-corrected chi connectivity index (χ0v) is 17.6. The smallest absolute Gasteiger partial charge is 0.259 e. The first-order chi connectivity index (χ1) is 14.1. The van der Waals surface area contributed by atoms with Crippen molar-refractivity contribution < 1.29 is 9.53 Å². The lowest BCUT2D eigenvalue weighted by Crippen LogP contribution is -2.14. The van der Waals surface area contributed by atoms with Gasteiger partial charge in [-0.25, -0.2) is 4.99 Å². The number of anilines is 1. The molecule has 4 rings (SSSR count). The minimum Gasteiger partial charge on any atom is -0.497 e. The molecule has 148 valence electrons. The quantitative estimate of drug-likeness (QED) is 0.489. The molecule has 4 nitrogen and oxygen atoms in total. The summed E-state index contributed by atoms with van der Waals surface area (Å²) in [6.45, 7) is 0. The maximum absolute atomic E-state index is 13.1. The lowest BCUT2D eigenvalue weighted by molar-refractivity contribution is 0.102. The standard InChI is InChI=1S/C23H21ClN2O2S/c1-28-18-12-6-15(7-13-18)14-25-23-21(19-4-2-3-5-20(19)29-23)22(27)26-17-10-8-16(24)9-11-17/h6-14H,2-5H2,1H3,(H,26,27)/b25-14+. The number of methoxy groups -OCH3 is 1. The summed E-state index contributed by atoms with van der Waals surface area (Å²) < 4.78 is 5.20. The number of hydrogen-bond acceptors (Lipinski definition) is 4. The molecule has 1 aromatic heterocycles. The maximum atomic E-state index is 13.1. The number of aliphatic imine (C=N–C) groups is 1. The van der Waals surface area contributed by atoms with Crippen molar-refractivity contribution in [2.24, 2.45) is 4.99 Å². The van der Waals surface area contributed by atoms with Crippen LogP contribution in [0.2, 0.25) is 5.02 Å². The molecule has 0 fully saturated rings. The van der Waals surface area contributed by atoms with Crippen LogP contribution in [-0.4, -0.2) is 19.2 Å².